The van der Waals surface area contributed by atoms with Gasteiger partial charge < -0.3 is 23.5 Å². The Morgan fingerprint density at radius 1 is 1.33 bits per heavy atom. The van der Waals surface area contributed by atoms with Crippen molar-refractivity contribution in [1.29, 1.82) is 0 Å². The summed E-state index contributed by atoms with van der Waals surface area (Å²) in [6, 6.07) is 7.37. The van der Waals surface area contributed by atoms with Crippen LogP contribution in [-0.2, 0) is 6.42 Å². The number of nitrogens with zero attached hydrogens (tertiary/aromatic N) is 4. The van der Waals surface area contributed by atoms with Crippen LogP contribution in [0.25, 0.3) is 5.78 Å². The predicted molar refractivity (Wildman–Crippen MR) is 113 cm³/mol. The van der Waals surface area contributed by atoms with Gasteiger partial charge in [0.1, 0.15) is 5.69 Å². The van der Waals surface area contributed by atoms with E-state index < -0.39 is 0 Å². The molecule has 0 aliphatic heterocycles. The Hall–Kier alpha value is -2.38. The van der Waals surface area contributed by atoms with E-state index in [1.165, 1.54) is 39.0 Å². The zero-order valence-electron chi connectivity index (χ0n) is 16.9. The van der Waals surface area contributed by atoms with Gasteiger partial charge >= 0.3 is 5.78 Å². The molecule has 1 aliphatic carbocycles. The van der Waals surface area contributed by atoms with Gasteiger partial charge in [-0.25, -0.2) is 0 Å². The Balaban J connectivity index is 0.00000256. The molecule has 3 N–H and O–H groups in total. The lowest BCUT2D eigenvalue weighted by Crippen LogP contribution is -3.00. The van der Waals surface area contributed by atoms with Gasteiger partial charge in [0.25, 0.3) is 5.91 Å². The number of halogens is 2. The quantitative estimate of drug-likeness (QED) is 0.438. The normalized spacial score (nSPS) is 14.5. The molecule has 3 heterocycles. The Bertz CT molecular complexity index is 1030. The average Bonchev–Trinajstić information content (AvgIpc) is 3.01. The van der Waals surface area contributed by atoms with Gasteiger partial charge in [-0.3, -0.25) is 9.78 Å². The number of nitrogen functional groups attached to an aromatic ring is 1. The molecule has 4 rings (SSSR count). The van der Waals surface area contributed by atoms with Crippen molar-refractivity contribution >= 4 is 34.9 Å². The van der Waals surface area contributed by atoms with Crippen molar-refractivity contribution in [3.05, 3.63) is 47.0 Å². The number of aromatic nitrogens is 4. The zero-order chi connectivity index (χ0) is 20.4. The van der Waals surface area contributed by atoms with Crippen molar-refractivity contribution < 1.29 is 21.6 Å². The fraction of sp³-hybridized carbons (Fsp3) is 0.429. The van der Waals surface area contributed by atoms with Crippen LogP contribution in [0.1, 0.15) is 55.2 Å². The summed E-state index contributed by atoms with van der Waals surface area (Å²) in [6.07, 6.45) is 8.53. The minimum Gasteiger partial charge on any atom is -1.00 e. The first kappa shape index (κ1) is 22.3. The Morgan fingerprint density at radius 2 is 2.10 bits per heavy atom. The molecule has 0 bridgehead atoms. The molecular formula is C21H26Cl2N6O. The maximum absolute atomic E-state index is 12.6. The zero-order valence-corrected chi connectivity index (χ0v) is 18.5. The van der Waals surface area contributed by atoms with Gasteiger partial charge in [-0.2, -0.15) is 8.97 Å². The lowest BCUT2D eigenvalue weighted by molar-refractivity contribution is -0.481. The second-order valence-corrected chi connectivity index (χ2v) is 8.06. The van der Waals surface area contributed by atoms with Crippen LogP contribution in [0, 0.1) is 5.92 Å². The van der Waals surface area contributed by atoms with Crippen molar-refractivity contribution in [3.8, 4) is 0 Å². The number of carbonyl (C=O) groups is 1. The minimum atomic E-state index is -0.145. The number of imidazole rings is 1. The molecule has 3 aromatic rings. The summed E-state index contributed by atoms with van der Waals surface area (Å²) in [4.78, 5) is 21.4. The highest BCUT2D eigenvalue weighted by Crippen LogP contribution is 2.26. The third-order valence-corrected chi connectivity index (χ3v) is 5.77. The summed E-state index contributed by atoms with van der Waals surface area (Å²) in [7, 11) is 0. The van der Waals surface area contributed by atoms with E-state index >= 15 is 0 Å². The highest BCUT2D eigenvalue weighted by molar-refractivity contribution is 6.29. The fourth-order valence-electron chi connectivity index (χ4n) is 4.20. The maximum atomic E-state index is 12.6. The van der Waals surface area contributed by atoms with E-state index in [1.54, 1.807) is 21.2 Å². The second kappa shape index (κ2) is 9.62. The van der Waals surface area contributed by atoms with Gasteiger partial charge in [-0.1, -0.05) is 36.9 Å². The molecule has 0 unspecified atom stereocenters. The van der Waals surface area contributed by atoms with Crippen molar-refractivity contribution in [2.24, 2.45) is 5.92 Å². The molecule has 3 aromatic heterocycles. The standard InChI is InChI=1S/C21H25ClN6O.ClH/c1-14(29)27-17(11-16-9-5-6-10-24-16)20(25-13-15-7-3-2-4-8-15)28-19(23)12-18(22)26-21(27)28;/h5-6,9-10,12,15,23,25H,2-4,7-8,11,13H2,1H3;1H. The number of nitrogens with two attached hydrogens (primary N) is 1. The van der Waals surface area contributed by atoms with Gasteiger partial charge in [-0.15, -0.1) is 4.98 Å². The lowest BCUT2D eigenvalue weighted by Gasteiger charge is -2.21. The topological polar surface area (TPSA) is 89.9 Å². The second-order valence-electron chi connectivity index (χ2n) is 7.67. The summed E-state index contributed by atoms with van der Waals surface area (Å²) in [5, 5.41) is 3.84. The van der Waals surface area contributed by atoms with Crippen LogP contribution in [-0.4, -0.2) is 27.0 Å². The van der Waals surface area contributed by atoms with Crippen LogP contribution in [0.5, 0.6) is 0 Å². The van der Waals surface area contributed by atoms with Gasteiger partial charge in [-0.05, 0) is 30.9 Å². The van der Waals surface area contributed by atoms with E-state index in [0.29, 0.717) is 23.9 Å². The predicted octanol–water partition coefficient (Wildman–Crippen LogP) is 0.500. The highest BCUT2D eigenvalue weighted by atomic mass is 35.5. The first-order valence-electron chi connectivity index (χ1n) is 10.1. The number of nitrogens with one attached hydrogen (secondary N) is 1. The van der Waals surface area contributed by atoms with Crippen LogP contribution < -0.4 is 27.9 Å². The molecule has 0 amide bonds. The van der Waals surface area contributed by atoms with Crippen molar-refractivity contribution in [1.82, 2.24) is 14.5 Å². The van der Waals surface area contributed by atoms with E-state index in [4.69, 9.17) is 17.3 Å². The number of carbonyl (C=O) groups excluding carboxylic acids is 1. The molecule has 0 radical (unpaired) electrons. The van der Waals surface area contributed by atoms with E-state index in [1.807, 2.05) is 18.2 Å². The van der Waals surface area contributed by atoms with Gasteiger partial charge in [0.15, 0.2) is 11.0 Å². The Morgan fingerprint density at radius 3 is 2.77 bits per heavy atom. The number of anilines is 2. The smallest absolute Gasteiger partial charge is 0.341 e. The molecule has 1 fully saturated rings. The molecule has 30 heavy (non-hydrogen) atoms. The van der Waals surface area contributed by atoms with Gasteiger partial charge in [0.2, 0.25) is 5.82 Å². The molecule has 1 aliphatic rings. The molecule has 160 valence electrons. The number of hydrogen-bond acceptors (Lipinski definition) is 5. The molecule has 0 saturated heterocycles. The Labute approximate surface area is 187 Å². The van der Waals surface area contributed by atoms with Gasteiger partial charge in [0.05, 0.1) is 0 Å². The molecule has 0 aromatic carbocycles. The third kappa shape index (κ3) is 4.52. The molecular weight excluding hydrogens is 423 g/mol. The number of hydrogen-bond donors (Lipinski definition) is 2. The van der Waals surface area contributed by atoms with Crippen molar-refractivity contribution in [2.45, 2.75) is 45.4 Å². The van der Waals surface area contributed by atoms with E-state index in [2.05, 4.69) is 15.3 Å². The summed E-state index contributed by atoms with van der Waals surface area (Å²) < 4.78 is 3.37. The van der Waals surface area contributed by atoms with Crippen LogP contribution in [0.3, 0.4) is 0 Å². The largest absolute Gasteiger partial charge is 1.00 e. The molecule has 7 nitrogen and oxygen atoms in total. The lowest BCUT2D eigenvalue weighted by atomic mass is 9.89. The van der Waals surface area contributed by atoms with Crippen LogP contribution in [0.4, 0.5) is 11.6 Å². The minimum absolute atomic E-state index is 0. The highest BCUT2D eigenvalue weighted by Gasteiger charge is 2.29. The summed E-state index contributed by atoms with van der Waals surface area (Å²) in [6.45, 7) is 2.35. The van der Waals surface area contributed by atoms with E-state index in [-0.39, 0.29) is 23.5 Å². The van der Waals surface area contributed by atoms with Crippen molar-refractivity contribution in [2.75, 3.05) is 17.6 Å². The first-order chi connectivity index (χ1) is 14.0. The summed E-state index contributed by atoms with van der Waals surface area (Å²) in [5.74, 6) is 2.11. The summed E-state index contributed by atoms with van der Waals surface area (Å²) in [5.41, 5.74) is 7.95. The van der Waals surface area contributed by atoms with Crippen LogP contribution in [0.2, 0.25) is 5.15 Å². The van der Waals surface area contributed by atoms with E-state index in [9.17, 15) is 4.79 Å². The SMILES string of the molecule is CC(=O)n1c(Cc2ccccn2)c(NCC2CCCCC2)[n+]2c(N)cc(Cl)nc12.[Cl-]. The van der Waals surface area contributed by atoms with Gasteiger partial charge in [0, 0.05) is 37.8 Å². The number of fused-ring (bicyclic) bond motifs is 1. The van der Waals surface area contributed by atoms with E-state index in [0.717, 1.165) is 23.8 Å². The molecule has 0 atom stereocenters. The summed E-state index contributed by atoms with van der Waals surface area (Å²) >= 11 is 6.16. The molecule has 1 saturated carbocycles. The average molecular weight is 449 g/mol. The maximum Gasteiger partial charge on any atom is 0.341 e. The number of rotatable bonds is 5. The fourth-order valence-corrected chi connectivity index (χ4v) is 4.38. The van der Waals surface area contributed by atoms with Crippen molar-refractivity contribution in [3.63, 3.8) is 0 Å². The monoisotopic (exact) mass is 448 g/mol. The van der Waals surface area contributed by atoms with Crippen LogP contribution in [0.15, 0.2) is 30.5 Å². The number of pyridine rings is 1. The molecule has 0 spiro atoms. The van der Waals surface area contributed by atoms with Crippen LogP contribution >= 0.6 is 11.6 Å². The first-order valence-corrected chi connectivity index (χ1v) is 10.5. The Kier molecular flexibility index (Phi) is 7.15. The third-order valence-electron chi connectivity index (χ3n) is 5.57. The molecule has 9 heteroatoms.